The summed E-state index contributed by atoms with van der Waals surface area (Å²) in [6.45, 7) is 8.31. The second-order valence-corrected chi connectivity index (χ2v) is 9.81. The number of carbonyl (C=O) groups excluding carboxylic acids is 1. The molecule has 6 atom stereocenters. The smallest absolute Gasteiger partial charge is 0.251 e. The highest BCUT2D eigenvalue weighted by molar-refractivity contribution is 5.94. The van der Waals surface area contributed by atoms with Gasteiger partial charge in [-0.05, 0) is 39.8 Å². The maximum atomic E-state index is 12.4. The van der Waals surface area contributed by atoms with Crippen LogP contribution in [0.15, 0.2) is 30.3 Å². The van der Waals surface area contributed by atoms with Crippen LogP contribution < -0.4 is 5.32 Å². The molecule has 9 heteroatoms. The standard InChI is InChI=1S/C23H32N2O7/c1-21(2)27-13-16-18(29-21)19-23(28-16,32-22(3,4)30-19)17-11-15(31-25(17)5)12-24-20(26)14-9-7-6-8-10-14/h6-10,15-19H,11-13H2,1-5H3,(H,24,26)/t15-,16-,17?,18+,19-,23-/m0/s1. The Labute approximate surface area is 188 Å². The van der Waals surface area contributed by atoms with Crippen molar-refractivity contribution >= 4 is 5.91 Å². The van der Waals surface area contributed by atoms with Crippen molar-refractivity contribution in [2.24, 2.45) is 0 Å². The molecule has 9 nitrogen and oxygen atoms in total. The predicted molar refractivity (Wildman–Crippen MR) is 112 cm³/mol. The Kier molecular flexibility index (Phi) is 5.37. The second-order valence-electron chi connectivity index (χ2n) is 9.81. The van der Waals surface area contributed by atoms with Gasteiger partial charge in [0.05, 0.1) is 18.8 Å². The van der Waals surface area contributed by atoms with Crippen LogP contribution in [0.1, 0.15) is 44.5 Å². The molecule has 0 saturated carbocycles. The Hall–Kier alpha value is -1.59. The zero-order valence-corrected chi connectivity index (χ0v) is 19.2. The van der Waals surface area contributed by atoms with E-state index in [9.17, 15) is 4.79 Å². The van der Waals surface area contributed by atoms with Gasteiger partial charge in [-0.15, -0.1) is 0 Å². The first kappa shape index (κ1) is 22.2. The fourth-order valence-electron chi connectivity index (χ4n) is 5.17. The summed E-state index contributed by atoms with van der Waals surface area (Å²) >= 11 is 0. The van der Waals surface area contributed by atoms with E-state index in [4.69, 9.17) is 28.5 Å². The normalized spacial score (nSPS) is 40.1. The molecule has 0 bridgehead atoms. The molecule has 0 aromatic heterocycles. The van der Waals surface area contributed by atoms with Crippen LogP contribution in [0.4, 0.5) is 0 Å². The Balaban J connectivity index is 1.31. The maximum Gasteiger partial charge on any atom is 0.251 e. The fraction of sp³-hybridized carbons (Fsp3) is 0.696. The Bertz CT molecular complexity index is 863. The molecule has 4 fully saturated rings. The highest BCUT2D eigenvalue weighted by Crippen LogP contribution is 2.53. The molecule has 1 aromatic carbocycles. The third-order valence-electron chi connectivity index (χ3n) is 6.46. The third-order valence-corrected chi connectivity index (χ3v) is 6.46. The summed E-state index contributed by atoms with van der Waals surface area (Å²) in [6, 6.07) is 8.89. The van der Waals surface area contributed by atoms with Gasteiger partial charge in [-0.1, -0.05) is 18.2 Å². The molecule has 4 heterocycles. The van der Waals surface area contributed by atoms with E-state index >= 15 is 0 Å². The number of rotatable bonds is 4. The predicted octanol–water partition coefficient (Wildman–Crippen LogP) is 1.82. The van der Waals surface area contributed by atoms with Gasteiger partial charge < -0.3 is 29.0 Å². The SMILES string of the molecule is CN1O[C@H](CNC(=O)c2ccccc2)CC1[C@@]12O[C@H]3COC(C)(C)O[C@H]3[C@@H]1OC(C)(C)O2. The monoisotopic (exact) mass is 448 g/mol. The van der Waals surface area contributed by atoms with Crippen LogP contribution in [0.2, 0.25) is 0 Å². The molecule has 4 aliphatic heterocycles. The fourth-order valence-corrected chi connectivity index (χ4v) is 5.17. The van der Waals surface area contributed by atoms with E-state index in [1.165, 1.54) is 0 Å². The zero-order valence-electron chi connectivity index (χ0n) is 19.2. The summed E-state index contributed by atoms with van der Waals surface area (Å²) in [6.07, 6.45) is -0.662. The van der Waals surface area contributed by atoms with Gasteiger partial charge in [-0.3, -0.25) is 9.63 Å². The molecule has 1 unspecified atom stereocenters. The van der Waals surface area contributed by atoms with E-state index in [-0.39, 0.29) is 30.3 Å². The van der Waals surface area contributed by atoms with Crippen molar-refractivity contribution < 1.29 is 33.3 Å². The molecule has 0 radical (unpaired) electrons. The molecule has 4 aliphatic rings. The molecular formula is C23H32N2O7. The number of ether oxygens (including phenoxy) is 5. The molecule has 32 heavy (non-hydrogen) atoms. The van der Waals surface area contributed by atoms with Crippen LogP contribution in [-0.2, 0) is 28.5 Å². The number of nitrogens with zero attached hydrogens (tertiary/aromatic N) is 1. The van der Waals surface area contributed by atoms with Crippen molar-refractivity contribution in [1.82, 2.24) is 10.4 Å². The molecule has 5 rings (SSSR count). The summed E-state index contributed by atoms with van der Waals surface area (Å²) in [5.41, 5.74) is 0.617. The van der Waals surface area contributed by atoms with E-state index in [0.717, 1.165) is 0 Å². The van der Waals surface area contributed by atoms with E-state index in [1.54, 1.807) is 17.2 Å². The topological polar surface area (TPSA) is 87.7 Å². The lowest BCUT2D eigenvalue weighted by atomic mass is 9.94. The average Bonchev–Trinajstić information content (AvgIpc) is 3.33. The minimum Gasteiger partial charge on any atom is -0.349 e. The van der Waals surface area contributed by atoms with Crippen molar-refractivity contribution in [3.8, 4) is 0 Å². The Morgan fingerprint density at radius 3 is 2.59 bits per heavy atom. The van der Waals surface area contributed by atoms with Gasteiger partial charge in [0.1, 0.15) is 18.3 Å². The number of hydrogen-bond donors (Lipinski definition) is 1. The average molecular weight is 449 g/mol. The van der Waals surface area contributed by atoms with E-state index < -0.39 is 23.5 Å². The van der Waals surface area contributed by atoms with Gasteiger partial charge in [0.15, 0.2) is 11.6 Å². The molecule has 176 valence electrons. The van der Waals surface area contributed by atoms with Crippen molar-refractivity contribution in [1.29, 1.82) is 0 Å². The summed E-state index contributed by atoms with van der Waals surface area (Å²) in [5.74, 6) is -2.75. The summed E-state index contributed by atoms with van der Waals surface area (Å²) in [5, 5.41) is 4.72. The number of fused-ring (bicyclic) bond motifs is 3. The van der Waals surface area contributed by atoms with Crippen molar-refractivity contribution in [3.05, 3.63) is 35.9 Å². The van der Waals surface area contributed by atoms with Gasteiger partial charge in [0.2, 0.25) is 5.79 Å². The van der Waals surface area contributed by atoms with Gasteiger partial charge in [-0.2, -0.15) is 5.06 Å². The molecule has 4 saturated heterocycles. The van der Waals surface area contributed by atoms with Crippen molar-refractivity contribution in [2.75, 3.05) is 20.2 Å². The molecule has 1 amide bonds. The van der Waals surface area contributed by atoms with Crippen LogP contribution in [-0.4, -0.2) is 79.0 Å². The number of hydroxylamine groups is 2. The largest absolute Gasteiger partial charge is 0.349 e. The number of amides is 1. The second kappa shape index (κ2) is 7.73. The minimum atomic E-state index is -1.06. The van der Waals surface area contributed by atoms with Crippen LogP contribution in [0.5, 0.6) is 0 Å². The van der Waals surface area contributed by atoms with Gasteiger partial charge in [0.25, 0.3) is 5.91 Å². The Morgan fingerprint density at radius 2 is 1.84 bits per heavy atom. The van der Waals surface area contributed by atoms with Gasteiger partial charge in [-0.25, -0.2) is 0 Å². The van der Waals surface area contributed by atoms with Crippen molar-refractivity contribution in [2.45, 2.75) is 81.9 Å². The number of carbonyl (C=O) groups is 1. The zero-order chi connectivity index (χ0) is 22.7. The van der Waals surface area contributed by atoms with Crippen LogP contribution in [0, 0.1) is 0 Å². The number of likely N-dealkylation sites (N-methyl/N-ethyl adjacent to an activating group) is 1. The molecule has 1 N–H and O–H groups in total. The molecule has 0 aliphatic carbocycles. The van der Waals surface area contributed by atoms with Crippen LogP contribution >= 0.6 is 0 Å². The van der Waals surface area contributed by atoms with E-state index in [0.29, 0.717) is 25.1 Å². The lowest BCUT2D eigenvalue weighted by Gasteiger charge is -2.38. The summed E-state index contributed by atoms with van der Waals surface area (Å²) in [4.78, 5) is 18.5. The molecular weight excluding hydrogens is 416 g/mol. The Morgan fingerprint density at radius 1 is 1.09 bits per heavy atom. The van der Waals surface area contributed by atoms with E-state index in [2.05, 4.69) is 5.32 Å². The maximum absolute atomic E-state index is 12.4. The number of nitrogens with one attached hydrogen (secondary N) is 1. The summed E-state index contributed by atoms with van der Waals surface area (Å²) < 4.78 is 31.3. The third kappa shape index (κ3) is 3.86. The minimum absolute atomic E-state index is 0.131. The molecule has 0 spiro atoms. The van der Waals surface area contributed by atoms with Crippen LogP contribution in [0.25, 0.3) is 0 Å². The first-order valence-corrected chi connectivity index (χ1v) is 11.2. The van der Waals surface area contributed by atoms with E-state index in [1.807, 2.05) is 52.9 Å². The quantitative estimate of drug-likeness (QED) is 0.747. The van der Waals surface area contributed by atoms with Crippen LogP contribution in [0.3, 0.4) is 0 Å². The summed E-state index contributed by atoms with van der Waals surface area (Å²) in [7, 11) is 1.86. The van der Waals surface area contributed by atoms with Gasteiger partial charge >= 0.3 is 0 Å². The highest BCUT2D eigenvalue weighted by Gasteiger charge is 2.71. The first-order chi connectivity index (χ1) is 15.1. The lowest BCUT2D eigenvalue weighted by Crippen LogP contribution is -2.55. The highest BCUT2D eigenvalue weighted by atomic mass is 16.9. The first-order valence-electron chi connectivity index (χ1n) is 11.2. The van der Waals surface area contributed by atoms with Crippen molar-refractivity contribution in [3.63, 3.8) is 0 Å². The molecule has 1 aromatic rings. The number of benzene rings is 1. The lowest BCUT2D eigenvalue weighted by molar-refractivity contribution is -0.336. The van der Waals surface area contributed by atoms with Gasteiger partial charge in [0, 0.05) is 25.6 Å². The number of hydrogen-bond acceptors (Lipinski definition) is 8.